The van der Waals surface area contributed by atoms with Gasteiger partial charge in [0.2, 0.25) is 5.91 Å². The summed E-state index contributed by atoms with van der Waals surface area (Å²) in [6, 6.07) is 0. The maximum atomic E-state index is 11.2. The number of carbonyl (C=O) groups excluding carboxylic acids is 1. The number of thioether (sulfide) groups is 1. The normalized spacial score (nSPS) is 10.3. The fourth-order valence-electron chi connectivity index (χ4n) is 0.922. The highest BCUT2D eigenvalue weighted by molar-refractivity contribution is 8.00. The quantitative estimate of drug-likeness (QED) is 0.623. The summed E-state index contributed by atoms with van der Waals surface area (Å²) in [7, 11) is 0. The molecule has 0 aromatic carbocycles. The molecule has 2 N–H and O–H groups in total. The van der Waals surface area contributed by atoms with Gasteiger partial charge in [-0.3, -0.25) is 9.59 Å². The highest BCUT2D eigenvalue weighted by atomic mass is 32.2. The van der Waals surface area contributed by atoms with Crippen molar-refractivity contribution in [2.45, 2.75) is 38.4 Å². The Hall–Kier alpha value is -0.710. The third kappa shape index (κ3) is 11.2. The number of nitrogens with one attached hydrogen (secondary N) is 1. The summed E-state index contributed by atoms with van der Waals surface area (Å²) >= 11 is 1.60. The van der Waals surface area contributed by atoms with E-state index in [1.54, 1.807) is 11.8 Å². The van der Waals surface area contributed by atoms with Gasteiger partial charge in [0.1, 0.15) is 0 Å². The highest BCUT2D eigenvalue weighted by Crippen LogP contribution is 2.07. The SMILES string of the molecule is CC(C)SCC(=O)NCCCCC(=O)O. The van der Waals surface area contributed by atoms with Crippen molar-refractivity contribution in [2.75, 3.05) is 12.3 Å². The zero-order valence-electron chi connectivity index (χ0n) is 9.28. The molecule has 0 fully saturated rings. The predicted octanol–water partition coefficient (Wildman–Crippen LogP) is 1.50. The second-order valence-electron chi connectivity index (χ2n) is 3.56. The molecule has 0 spiro atoms. The molecule has 0 unspecified atom stereocenters. The van der Waals surface area contributed by atoms with Crippen LogP contribution >= 0.6 is 11.8 Å². The van der Waals surface area contributed by atoms with Crippen LogP contribution in [-0.4, -0.2) is 34.5 Å². The Labute approximate surface area is 94.8 Å². The van der Waals surface area contributed by atoms with Gasteiger partial charge in [0.25, 0.3) is 0 Å². The van der Waals surface area contributed by atoms with Crippen molar-refractivity contribution in [2.24, 2.45) is 0 Å². The number of carboxylic acid groups (broad SMARTS) is 1. The second-order valence-corrected chi connectivity index (χ2v) is 5.13. The number of hydrogen-bond acceptors (Lipinski definition) is 3. The number of carbonyl (C=O) groups is 2. The Morgan fingerprint density at radius 2 is 2.00 bits per heavy atom. The van der Waals surface area contributed by atoms with Crippen LogP contribution in [0.2, 0.25) is 0 Å². The monoisotopic (exact) mass is 233 g/mol. The Balaban J connectivity index is 3.28. The lowest BCUT2D eigenvalue weighted by Crippen LogP contribution is -2.26. The first-order valence-electron chi connectivity index (χ1n) is 5.12. The Bertz CT molecular complexity index is 207. The summed E-state index contributed by atoms with van der Waals surface area (Å²) in [6.45, 7) is 4.67. The van der Waals surface area contributed by atoms with Crippen molar-refractivity contribution in [3.8, 4) is 0 Å². The molecule has 0 aromatic rings. The van der Waals surface area contributed by atoms with Gasteiger partial charge in [-0.2, -0.15) is 0 Å². The van der Waals surface area contributed by atoms with Crippen molar-refractivity contribution in [3.05, 3.63) is 0 Å². The van der Waals surface area contributed by atoms with Crippen LogP contribution in [0.15, 0.2) is 0 Å². The summed E-state index contributed by atoms with van der Waals surface area (Å²) in [4.78, 5) is 21.4. The minimum atomic E-state index is -0.781. The molecule has 0 aliphatic rings. The van der Waals surface area contributed by atoms with E-state index < -0.39 is 5.97 Å². The van der Waals surface area contributed by atoms with Gasteiger partial charge in [-0.25, -0.2) is 0 Å². The summed E-state index contributed by atoms with van der Waals surface area (Å²) < 4.78 is 0. The number of hydrogen-bond donors (Lipinski definition) is 2. The van der Waals surface area contributed by atoms with E-state index in [2.05, 4.69) is 5.32 Å². The summed E-state index contributed by atoms with van der Waals surface area (Å²) in [6.07, 6.45) is 1.52. The molecule has 0 radical (unpaired) electrons. The first-order chi connectivity index (χ1) is 7.02. The molecule has 0 aliphatic carbocycles. The molecular weight excluding hydrogens is 214 g/mol. The number of rotatable bonds is 8. The maximum Gasteiger partial charge on any atom is 0.303 e. The molecule has 0 aliphatic heterocycles. The number of aliphatic carboxylic acids is 1. The van der Waals surface area contributed by atoms with Crippen LogP contribution in [0.5, 0.6) is 0 Å². The van der Waals surface area contributed by atoms with Crippen LogP contribution in [0, 0.1) is 0 Å². The highest BCUT2D eigenvalue weighted by Gasteiger charge is 2.03. The number of amides is 1. The van der Waals surface area contributed by atoms with E-state index in [9.17, 15) is 9.59 Å². The minimum absolute atomic E-state index is 0.0315. The first kappa shape index (κ1) is 14.3. The third-order valence-corrected chi connectivity index (χ3v) is 2.78. The van der Waals surface area contributed by atoms with Crippen molar-refractivity contribution in [1.29, 1.82) is 0 Å². The molecule has 15 heavy (non-hydrogen) atoms. The zero-order chi connectivity index (χ0) is 11.7. The average molecular weight is 233 g/mol. The Morgan fingerprint density at radius 1 is 1.33 bits per heavy atom. The zero-order valence-corrected chi connectivity index (χ0v) is 10.1. The Morgan fingerprint density at radius 3 is 2.53 bits per heavy atom. The Kier molecular flexibility index (Phi) is 8.18. The van der Waals surface area contributed by atoms with Gasteiger partial charge in [0, 0.05) is 13.0 Å². The summed E-state index contributed by atoms with van der Waals surface area (Å²) in [5.41, 5.74) is 0. The number of carboxylic acids is 1. The lowest BCUT2D eigenvalue weighted by atomic mass is 10.2. The summed E-state index contributed by atoms with van der Waals surface area (Å²) in [5, 5.41) is 11.6. The lowest BCUT2D eigenvalue weighted by molar-refractivity contribution is -0.137. The number of unbranched alkanes of at least 4 members (excludes halogenated alkanes) is 1. The van der Waals surface area contributed by atoms with E-state index in [0.29, 0.717) is 24.0 Å². The second kappa shape index (κ2) is 8.59. The fourth-order valence-corrected chi connectivity index (χ4v) is 1.51. The molecule has 0 aromatic heterocycles. The molecule has 1 amide bonds. The van der Waals surface area contributed by atoms with Crippen molar-refractivity contribution < 1.29 is 14.7 Å². The fraction of sp³-hybridized carbons (Fsp3) is 0.800. The van der Waals surface area contributed by atoms with Gasteiger partial charge < -0.3 is 10.4 Å². The van der Waals surface area contributed by atoms with Gasteiger partial charge in [-0.05, 0) is 18.1 Å². The largest absolute Gasteiger partial charge is 0.481 e. The molecule has 0 heterocycles. The topological polar surface area (TPSA) is 66.4 Å². The van der Waals surface area contributed by atoms with Gasteiger partial charge in [-0.15, -0.1) is 11.8 Å². The minimum Gasteiger partial charge on any atom is -0.481 e. The van der Waals surface area contributed by atoms with Crippen LogP contribution < -0.4 is 5.32 Å². The van der Waals surface area contributed by atoms with Crippen LogP contribution in [-0.2, 0) is 9.59 Å². The van der Waals surface area contributed by atoms with Gasteiger partial charge in [0.15, 0.2) is 0 Å². The molecule has 88 valence electrons. The molecule has 0 bridgehead atoms. The van der Waals surface area contributed by atoms with Gasteiger partial charge in [-0.1, -0.05) is 13.8 Å². The van der Waals surface area contributed by atoms with Crippen molar-refractivity contribution >= 4 is 23.6 Å². The van der Waals surface area contributed by atoms with Crippen LogP contribution in [0.3, 0.4) is 0 Å². The molecule has 0 atom stereocenters. The smallest absolute Gasteiger partial charge is 0.303 e. The molecule has 4 nitrogen and oxygen atoms in total. The molecule has 0 saturated heterocycles. The van der Waals surface area contributed by atoms with Crippen molar-refractivity contribution in [3.63, 3.8) is 0 Å². The molecular formula is C10H19NO3S. The van der Waals surface area contributed by atoms with Crippen molar-refractivity contribution in [1.82, 2.24) is 5.32 Å². The summed E-state index contributed by atoms with van der Waals surface area (Å²) in [5.74, 6) is -0.267. The van der Waals surface area contributed by atoms with E-state index in [4.69, 9.17) is 5.11 Å². The standard InChI is InChI=1S/C10H19NO3S/c1-8(2)15-7-9(12)11-6-4-3-5-10(13)14/h8H,3-7H2,1-2H3,(H,11,12)(H,13,14). The third-order valence-electron chi connectivity index (χ3n) is 1.69. The molecule has 0 rings (SSSR count). The van der Waals surface area contributed by atoms with E-state index in [0.717, 1.165) is 6.42 Å². The van der Waals surface area contributed by atoms with E-state index in [1.165, 1.54) is 0 Å². The maximum absolute atomic E-state index is 11.2. The molecule has 5 heteroatoms. The van der Waals surface area contributed by atoms with E-state index >= 15 is 0 Å². The van der Waals surface area contributed by atoms with Crippen LogP contribution in [0.1, 0.15) is 33.1 Å². The average Bonchev–Trinajstić information content (AvgIpc) is 2.13. The van der Waals surface area contributed by atoms with E-state index in [-0.39, 0.29) is 12.3 Å². The van der Waals surface area contributed by atoms with Gasteiger partial charge >= 0.3 is 5.97 Å². The predicted molar refractivity (Wildman–Crippen MR) is 62.1 cm³/mol. The lowest BCUT2D eigenvalue weighted by Gasteiger charge is -2.06. The van der Waals surface area contributed by atoms with E-state index in [1.807, 2.05) is 13.8 Å². The molecule has 0 saturated carbocycles. The first-order valence-corrected chi connectivity index (χ1v) is 6.17. The van der Waals surface area contributed by atoms with Crippen LogP contribution in [0.25, 0.3) is 0 Å². The van der Waals surface area contributed by atoms with Gasteiger partial charge in [0.05, 0.1) is 5.75 Å². The van der Waals surface area contributed by atoms with Crippen LogP contribution in [0.4, 0.5) is 0 Å².